The number of nitrogens with zero attached hydrogens (tertiary/aromatic N) is 1. The summed E-state index contributed by atoms with van der Waals surface area (Å²) in [6.45, 7) is 6.90. The molecule has 3 atom stereocenters. The van der Waals surface area contributed by atoms with E-state index in [2.05, 4.69) is 38.2 Å². The van der Waals surface area contributed by atoms with Crippen LogP contribution in [0.4, 0.5) is 0 Å². The molecule has 0 aromatic rings. The maximum atomic E-state index is 13.6. The molecule has 0 saturated heterocycles. The average Bonchev–Trinajstić information content (AvgIpc) is 3.45. The van der Waals surface area contributed by atoms with Crippen LogP contribution in [0.2, 0.25) is 0 Å². The van der Waals surface area contributed by atoms with Gasteiger partial charge in [0.05, 0.1) is 33.8 Å². The van der Waals surface area contributed by atoms with Gasteiger partial charge in [0.25, 0.3) is 7.82 Å². The van der Waals surface area contributed by atoms with Crippen molar-refractivity contribution in [2.45, 2.75) is 386 Å². The van der Waals surface area contributed by atoms with Gasteiger partial charge in [0.15, 0.2) is 0 Å². The highest BCUT2D eigenvalue weighted by Crippen LogP contribution is 2.38. The van der Waals surface area contributed by atoms with Crippen molar-refractivity contribution in [3.05, 3.63) is 24.3 Å². The van der Waals surface area contributed by atoms with Gasteiger partial charge in [0, 0.05) is 12.8 Å². The number of ether oxygens (including phenoxy) is 1. The van der Waals surface area contributed by atoms with Crippen molar-refractivity contribution in [3.8, 4) is 0 Å². The lowest BCUT2D eigenvalue weighted by Crippen LogP contribution is -2.47. The van der Waals surface area contributed by atoms with E-state index in [1.54, 1.807) is 0 Å². The van der Waals surface area contributed by atoms with E-state index in [4.69, 9.17) is 13.8 Å². The molecule has 1 amide bonds. The summed E-state index contributed by atoms with van der Waals surface area (Å²) in [5.41, 5.74) is 0. The minimum absolute atomic E-state index is 0.0201. The minimum Gasteiger partial charge on any atom is -0.756 e. The average molecular weight is 1180 g/mol. The predicted molar refractivity (Wildman–Crippen MR) is 353 cm³/mol. The number of phosphoric ester groups is 1. The molecule has 0 aromatic heterocycles. The number of quaternary nitrogens is 1. The second-order valence-corrected chi connectivity index (χ2v) is 27.5. The third-order valence-corrected chi connectivity index (χ3v) is 17.6. The van der Waals surface area contributed by atoms with Crippen LogP contribution < -0.4 is 10.2 Å². The van der Waals surface area contributed by atoms with Crippen LogP contribution in [-0.2, 0) is 27.9 Å². The zero-order valence-corrected chi connectivity index (χ0v) is 56.6. The number of nitrogens with one attached hydrogen (secondary N) is 1. The standard InChI is InChI=1S/C72H141N2O7P/c1-7-10-13-16-19-22-25-28-30-32-33-34-35-36-37-38-39-40-41-42-44-47-50-53-56-59-62-65-72(76)81-70(63-60-57-54-51-48-45-27-24-21-18-15-12-9-3)69(68-80-82(77,78)79-67-66-74(4,5)6)73-71(75)64-61-58-55-52-49-46-43-31-29-26-23-20-17-14-11-8-2/h31,43,60,63,69-70H,7-30,32-42,44-59,61-62,64-68H2,1-6H3,(H-,73,75,77,78)/b43-31+,63-60-. The fraction of sp³-hybridized carbons (Fsp3) is 0.917. The van der Waals surface area contributed by atoms with E-state index in [-0.39, 0.29) is 31.5 Å². The lowest BCUT2D eigenvalue weighted by atomic mass is 10.0. The molecule has 486 valence electrons. The quantitative estimate of drug-likeness (QED) is 0.0212. The van der Waals surface area contributed by atoms with Crippen LogP contribution in [0.25, 0.3) is 0 Å². The van der Waals surface area contributed by atoms with Crippen LogP contribution in [-0.4, -0.2) is 69.4 Å². The van der Waals surface area contributed by atoms with E-state index >= 15 is 0 Å². The summed E-state index contributed by atoms with van der Waals surface area (Å²) in [6, 6.07) is -0.888. The molecular weight excluding hydrogens is 1040 g/mol. The van der Waals surface area contributed by atoms with Crippen molar-refractivity contribution in [2.24, 2.45) is 0 Å². The molecule has 82 heavy (non-hydrogen) atoms. The highest BCUT2D eigenvalue weighted by molar-refractivity contribution is 7.45. The zero-order chi connectivity index (χ0) is 60.0. The smallest absolute Gasteiger partial charge is 0.306 e. The van der Waals surface area contributed by atoms with Gasteiger partial charge in [0.1, 0.15) is 19.3 Å². The van der Waals surface area contributed by atoms with Crippen molar-refractivity contribution >= 4 is 19.7 Å². The largest absolute Gasteiger partial charge is 0.756 e. The molecule has 0 aliphatic rings. The first-order valence-electron chi connectivity index (χ1n) is 36.1. The first-order valence-corrected chi connectivity index (χ1v) is 37.6. The molecule has 0 aromatic carbocycles. The number of rotatable bonds is 67. The minimum atomic E-state index is -4.70. The van der Waals surface area contributed by atoms with E-state index in [1.807, 2.05) is 33.3 Å². The van der Waals surface area contributed by atoms with Crippen molar-refractivity contribution < 1.29 is 37.3 Å². The maximum absolute atomic E-state index is 13.6. The fourth-order valence-corrected chi connectivity index (χ4v) is 11.8. The lowest BCUT2D eigenvalue weighted by Gasteiger charge is -2.30. The lowest BCUT2D eigenvalue weighted by molar-refractivity contribution is -0.870. The highest BCUT2D eigenvalue weighted by atomic mass is 31.2. The number of esters is 1. The second kappa shape index (κ2) is 62.5. The Morgan fingerprint density at radius 1 is 0.415 bits per heavy atom. The van der Waals surface area contributed by atoms with Gasteiger partial charge in [-0.25, -0.2) is 0 Å². The van der Waals surface area contributed by atoms with Gasteiger partial charge >= 0.3 is 5.97 Å². The molecule has 0 spiro atoms. The van der Waals surface area contributed by atoms with Gasteiger partial charge in [-0.15, -0.1) is 0 Å². The van der Waals surface area contributed by atoms with Gasteiger partial charge in [0.2, 0.25) is 5.91 Å². The van der Waals surface area contributed by atoms with Crippen LogP contribution in [0.3, 0.4) is 0 Å². The number of likely N-dealkylation sites (N-methyl/N-ethyl adjacent to an activating group) is 1. The predicted octanol–water partition coefficient (Wildman–Crippen LogP) is 22.2. The molecule has 9 nitrogen and oxygen atoms in total. The summed E-state index contributed by atoms with van der Waals surface area (Å²) in [5.74, 6) is -0.528. The van der Waals surface area contributed by atoms with Crippen molar-refractivity contribution in [1.82, 2.24) is 5.32 Å². The summed E-state index contributed by atoms with van der Waals surface area (Å²) >= 11 is 0. The van der Waals surface area contributed by atoms with Gasteiger partial charge in [-0.1, -0.05) is 328 Å². The van der Waals surface area contributed by atoms with Gasteiger partial charge in [-0.2, -0.15) is 0 Å². The summed E-state index contributed by atoms with van der Waals surface area (Å²) in [7, 11) is 1.20. The molecule has 10 heteroatoms. The van der Waals surface area contributed by atoms with Crippen molar-refractivity contribution in [2.75, 3.05) is 40.9 Å². The molecule has 3 unspecified atom stereocenters. The van der Waals surface area contributed by atoms with Gasteiger partial charge in [-0.3, -0.25) is 14.2 Å². The molecule has 0 heterocycles. The van der Waals surface area contributed by atoms with Crippen LogP contribution >= 0.6 is 7.82 Å². The Kier molecular flexibility index (Phi) is 61.4. The molecule has 1 N–H and O–H groups in total. The molecule has 0 radical (unpaired) electrons. The third-order valence-electron chi connectivity index (χ3n) is 16.6. The van der Waals surface area contributed by atoms with Crippen molar-refractivity contribution in [3.63, 3.8) is 0 Å². The van der Waals surface area contributed by atoms with E-state index < -0.39 is 20.0 Å². The summed E-state index contributed by atoms with van der Waals surface area (Å²) in [5, 5.41) is 3.04. The van der Waals surface area contributed by atoms with Crippen LogP contribution in [0, 0.1) is 0 Å². The molecule has 0 aliphatic heterocycles. The number of carbonyl (C=O) groups is 2. The van der Waals surface area contributed by atoms with Gasteiger partial charge in [-0.05, 0) is 57.4 Å². The molecular formula is C72H141N2O7P. The number of phosphoric acid groups is 1. The molecule has 0 saturated carbocycles. The maximum Gasteiger partial charge on any atom is 0.306 e. The van der Waals surface area contributed by atoms with Crippen molar-refractivity contribution in [1.29, 1.82) is 0 Å². The second-order valence-electron chi connectivity index (χ2n) is 26.1. The number of allylic oxidation sites excluding steroid dienone is 3. The van der Waals surface area contributed by atoms with E-state index in [9.17, 15) is 19.0 Å². The van der Waals surface area contributed by atoms with Crippen LogP contribution in [0.1, 0.15) is 374 Å². The number of amides is 1. The Hall–Kier alpha value is -1.51. The Bertz CT molecular complexity index is 1450. The van der Waals surface area contributed by atoms with E-state index in [0.29, 0.717) is 17.4 Å². The molecule has 0 fully saturated rings. The van der Waals surface area contributed by atoms with E-state index in [0.717, 1.165) is 77.0 Å². The number of hydrogen-bond donors (Lipinski definition) is 1. The molecule has 0 rings (SSSR count). The number of unbranched alkanes of at least 4 members (excludes halogenated alkanes) is 49. The Labute approximate surface area is 511 Å². The Morgan fingerprint density at radius 2 is 0.707 bits per heavy atom. The number of hydrogen-bond acceptors (Lipinski definition) is 7. The Morgan fingerprint density at radius 3 is 1.04 bits per heavy atom. The zero-order valence-electron chi connectivity index (χ0n) is 55.7. The summed E-state index contributed by atoms with van der Waals surface area (Å²) in [6.07, 6.45) is 76.0. The first kappa shape index (κ1) is 80.5. The molecule has 0 bridgehead atoms. The normalized spacial score (nSPS) is 13.6. The van der Waals surface area contributed by atoms with E-state index in [1.165, 1.54) is 263 Å². The van der Waals surface area contributed by atoms with Crippen LogP contribution in [0.15, 0.2) is 24.3 Å². The van der Waals surface area contributed by atoms with Gasteiger partial charge < -0.3 is 28.5 Å². The number of carbonyl (C=O) groups excluding carboxylic acids is 2. The fourth-order valence-electron chi connectivity index (χ4n) is 11.1. The van der Waals surface area contributed by atoms with Crippen LogP contribution in [0.5, 0.6) is 0 Å². The first-order chi connectivity index (χ1) is 39.9. The summed E-state index contributed by atoms with van der Waals surface area (Å²) < 4.78 is 30.4. The summed E-state index contributed by atoms with van der Waals surface area (Å²) in [4.78, 5) is 40.2. The molecule has 0 aliphatic carbocycles. The SMILES string of the molecule is CCCCCCCCC/C=C/CCCCCCCC(=O)NC(COP(=O)([O-])OCC[N+](C)(C)C)C(/C=C\CCCCCCCCCCCCC)OC(=O)CCCCCCCCCCCCCCCCCCCCCCCCCCCCC. The third kappa shape index (κ3) is 63.0. The highest BCUT2D eigenvalue weighted by Gasteiger charge is 2.27. The Balaban J connectivity index is 4.99. The monoisotopic (exact) mass is 1180 g/mol. The topological polar surface area (TPSA) is 114 Å².